The molecule has 102 valence electrons. The van der Waals surface area contributed by atoms with E-state index in [1.54, 1.807) is 18.3 Å². The first-order valence-electron chi connectivity index (χ1n) is 6.03. The number of carboxylic acid groups (broad SMARTS) is 1. The smallest absolute Gasteiger partial charge is 0.335 e. The normalized spacial score (nSPS) is 10.4. The zero-order valence-corrected chi connectivity index (χ0v) is 11.5. The number of hydrogen-bond acceptors (Lipinski definition) is 3. The fourth-order valence-electron chi connectivity index (χ4n) is 1.30. The molecule has 0 aliphatic heterocycles. The van der Waals surface area contributed by atoms with E-state index < -0.39 is 5.97 Å². The van der Waals surface area contributed by atoms with Crippen LogP contribution in [0.25, 0.3) is 0 Å². The van der Waals surface area contributed by atoms with Gasteiger partial charge in [-0.3, -0.25) is 5.43 Å². The molecule has 0 spiro atoms. The zero-order chi connectivity index (χ0) is 14.1. The van der Waals surface area contributed by atoms with E-state index in [2.05, 4.69) is 22.8 Å². The maximum absolute atomic E-state index is 10.7. The Balaban J connectivity index is 2.40. The third-order valence-electron chi connectivity index (χ3n) is 2.35. The number of thiocarbonyl (C=S) groups is 1. The molecule has 0 unspecified atom stereocenters. The van der Waals surface area contributed by atoms with Crippen LogP contribution < -0.4 is 10.7 Å². The minimum absolute atomic E-state index is 0.252. The van der Waals surface area contributed by atoms with E-state index >= 15 is 0 Å². The molecule has 0 heterocycles. The molecule has 1 aromatic carbocycles. The minimum atomic E-state index is -0.942. The molecular formula is C13H17N3O2S. The Labute approximate surface area is 117 Å². The second-order valence-electron chi connectivity index (χ2n) is 3.91. The topological polar surface area (TPSA) is 73.7 Å². The van der Waals surface area contributed by atoms with E-state index in [0.29, 0.717) is 5.11 Å². The van der Waals surface area contributed by atoms with Gasteiger partial charge in [0, 0.05) is 6.54 Å². The van der Waals surface area contributed by atoms with Gasteiger partial charge in [0.2, 0.25) is 0 Å². The third-order valence-corrected chi connectivity index (χ3v) is 2.59. The van der Waals surface area contributed by atoms with Crippen molar-refractivity contribution in [2.24, 2.45) is 5.10 Å². The van der Waals surface area contributed by atoms with Crippen LogP contribution in [0.5, 0.6) is 0 Å². The number of nitrogens with one attached hydrogen (secondary N) is 2. The summed E-state index contributed by atoms with van der Waals surface area (Å²) in [6.07, 6.45) is 3.75. The summed E-state index contributed by atoms with van der Waals surface area (Å²) in [5.41, 5.74) is 3.75. The first kappa shape index (κ1) is 15.1. The maximum atomic E-state index is 10.7. The van der Waals surface area contributed by atoms with Crippen molar-refractivity contribution in [1.82, 2.24) is 10.7 Å². The van der Waals surface area contributed by atoms with E-state index in [1.807, 2.05) is 0 Å². The van der Waals surface area contributed by atoms with Crippen LogP contribution in [0.4, 0.5) is 0 Å². The van der Waals surface area contributed by atoms with Crippen molar-refractivity contribution in [2.75, 3.05) is 6.54 Å². The second kappa shape index (κ2) is 8.20. The lowest BCUT2D eigenvalue weighted by Gasteiger charge is -2.05. The van der Waals surface area contributed by atoms with Crippen LogP contribution in [0.3, 0.4) is 0 Å². The fraction of sp³-hybridized carbons (Fsp3) is 0.308. The number of hydrazone groups is 1. The van der Waals surface area contributed by atoms with Gasteiger partial charge in [0.1, 0.15) is 0 Å². The largest absolute Gasteiger partial charge is 0.478 e. The van der Waals surface area contributed by atoms with Crippen LogP contribution in [0.15, 0.2) is 29.4 Å². The highest BCUT2D eigenvalue weighted by Gasteiger charge is 2.00. The van der Waals surface area contributed by atoms with Gasteiger partial charge in [-0.05, 0) is 36.3 Å². The molecule has 0 aliphatic rings. The van der Waals surface area contributed by atoms with Gasteiger partial charge >= 0.3 is 5.97 Å². The van der Waals surface area contributed by atoms with Crippen molar-refractivity contribution in [3.63, 3.8) is 0 Å². The molecule has 0 bridgehead atoms. The van der Waals surface area contributed by atoms with Crippen molar-refractivity contribution >= 4 is 29.5 Å². The number of rotatable bonds is 6. The summed E-state index contributed by atoms with van der Waals surface area (Å²) in [7, 11) is 0. The van der Waals surface area contributed by atoms with Gasteiger partial charge in [-0.1, -0.05) is 25.5 Å². The molecular weight excluding hydrogens is 262 g/mol. The zero-order valence-electron chi connectivity index (χ0n) is 10.7. The van der Waals surface area contributed by atoms with Crippen molar-refractivity contribution in [3.8, 4) is 0 Å². The number of benzene rings is 1. The Morgan fingerprint density at radius 1 is 1.42 bits per heavy atom. The molecule has 6 heteroatoms. The van der Waals surface area contributed by atoms with Gasteiger partial charge in [-0.25, -0.2) is 4.79 Å². The van der Waals surface area contributed by atoms with E-state index in [4.69, 9.17) is 17.3 Å². The lowest BCUT2D eigenvalue weighted by atomic mass is 10.1. The Kier molecular flexibility index (Phi) is 6.52. The van der Waals surface area contributed by atoms with Crippen LogP contribution in [-0.2, 0) is 0 Å². The summed E-state index contributed by atoms with van der Waals surface area (Å²) < 4.78 is 0. The molecule has 0 saturated carbocycles. The quantitative estimate of drug-likeness (QED) is 0.321. The number of hydrogen-bond donors (Lipinski definition) is 3. The number of aromatic carboxylic acids is 1. The number of carboxylic acids is 1. The highest BCUT2D eigenvalue weighted by atomic mass is 32.1. The maximum Gasteiger partial charge on any atom is 0.335 e. The van der Waals surface area contributed by atoms with Crippen LogP contribution in [0.1, 0.15) is 35.7 Å². The highest BCUT2D eigenvalue weighted by molar-refractivity contribution is 7.80. The van der Waals surface area contributed by atoms with Crippen molar-refractivity contribution in [3.05, 3.63) is 35.4 Å². The first-order chi connectivity index (χ1) is 9.13. The average molecular weight is 279 g/mol. The van der Waals surface area contributed by atoms with Crippen molar-refractivity contribution in [2.45, 2.75) is 19.8 Å². The molecule has 5 nitrogen and oxygen atoms in total. The summed E-state index contributed by atoms with van der Waals surface area (Å²) >= 11 is 5.02. The number of nitrogens with zero attached hydrogens (tertiary/aromatic N) is 1. The summed E-state index contributed by atoms with van der Waals surface area (Å²) in [5, 5.41) is 16.2. The Morgan fingerprint density at radius 2 is 2.11 bits per heavy atom. The molecule has 0 amide bonds. The lowest BCUT2D eigenvalue weighted by Crippen LogP contribution is -2.32. The van der Waals surface area contributed by atoms with Gasteiger partial charge in [-0.15, -0.1) is 0 Å². The summed E-state index contributed by atoms with van der Waals surface area (Å²) in [4.78, 5) is 10.7. The Morgan fingerprint density at radius 3 is 2.68 bits per heavy atom. The minimum Gasteiger partial charge on any atom is -0.478 e. The van der Waals surface area contributed by atoms with E-state index in [9.17, 15) is 4.79 Å². The van der Waals surface area contributed by atoms with Crippen LogP contribution in [-0.4, -0.2) is 28.9 Å². The molecule has 0 aliphatic carbocycles. The average Bonchev–Trinajstić information content (AvgIpc) is 2.39. The first-order valence-corrected chi connectivity index (χ1v) is 6.44. The SMILES string of the molecule is CCCCNC(=S)NN=Cc1ccc(C(=O)O)cc1. The van der Waals surface area contributed by atoms with Crippen molar-refractivity contribution < 1.29 is 9.90 Å². The summed E-state index contributed by atoms with van der Waals surface area (Å²) in [5.74, 6) is -0.942. The Hall–Kier alpha value is -1.95. The standard InChI is InChI=1S/C13H17N3O2S/c1-2-3-8-14-13(19)16-15-9-10-4-6-11(7-5-10)12(17)18/h4-7,9H,2-3,8H2,1H3,(H,17,18)(H2,14,16,19). The predicted octanol–water partition coefficient (Wildman–Crippen LogP) is 1.98. The number of carbonyl (C=O) groups is 1. The molecule has 1 aromatic rings. The number of unbranched alkanes of at least 4 members (excludes halogenated alkanes) is 1. The van der Waals surface area contributed by atoms with Crippen LogP contribution in [0, 0.1) is 0 Å². The van der Waals surface area contributed by atoms with Crippen LogP contribution in [0.2, 0.25) is 0 Å². The van der Waals surface area contributed by atoms with Crippen LogP contribution >= 0.6 is 12.2 Å². The molecule has 3 N–H and O–H groups in total. The predicted molar refractivity (Wildman–Crippen MR) is 79.6 cm³/mol. The van der Waals surface area contributed by atoms with Gasteiger partial charge in [0.05, 0.1) is 11.8 Å². The molecule has 0 aromatic heterocycles. The van der Waals surface area contributed by atoms with Crippen molar-refractivity contribution in [1.29, 1.82) is 0 Å². The molecule has 0 fully saturated rings. The van der Waals surface area contributed by atoms with E-state index in [1.165, 1.54) is 12.1 Å². The van der Waals surface area contributed by atoms with E-state index in [-0.39, 0.29) is 5.56 Å². The third kappa shape index (κ3) is 5.96. The highest BCUT2D eigenvalue weighted by Crippen LogP contribution is 2.02. The second-order valence-corrected chi connectivity index (χ2v) is 4.31. The molecule has 0 atom stereocenters. The summed E-state index contributed by atoms with van der Waals surface area (Å²) in [6, 6.07) is 6.42. The molecule has 19 heavy (non-hydrogen) atoms. The molecule has 1 rings (SSSR count). The van der Waals surface area contributed by atoms with Gasteiger partial charge in [0.15, 0.2) is 5.11 Å². The summed E-state index contributed by atoms with van der Waals surface area (Å²) in [6.45, 7) is 2.93. The van der Waals surface area contributed by atoms with Gasteiger partial charge < -0.3 is 10.4 Å². The molecule has 0 saturated heterocycles. The van der Waals surface area contributed by atoms with Gasteiger partial charge in [0.25, 0.3) is 0 Å². The fourth-order valence-corrected chi connectivity index (χ4v) is 1.45. The van der Waals surface area contributed by atoms with E-state index in [0.717, 1.165) is 24.9 Å². The Bertz CT molecular complexity index is 457. The molecule has 0 radical (unpaired) electrons. The monoisotopic (exact) mass is 279 g/mol. The lowest BCUT2D eigenvalue weighted by molar-refractivity contribution is 0.0697. The van der Waals surface area contributed by atoms with Gasteiger partial charge in [-0.2, -0.15) is 5.10 Å².